The summed E-state index contributed by atoms with van der Waals surface area (Å²) >= 11 is 0. The summed E-state index contributed by atoms with van der Waals surface area (Å²) in [7, 11) is 0. The molecule has 162 valence electrons. The second-order valence-electron chi connectivity index (χ2n) is 7.39. The Kier molecular flexibility index (Phi) is 6.07. The van der Waals surface area contributed by atoms with Gasteiger partial charge in [-0.2, -0.15) is 4.98 Å². The van der Waals surface area contributed by atoms with Crippen LogP contribution in [0.2, 0.25) is 0 Å². The summed E-state index contributed by atoms with van der Waals surface area (Å²) in [6.45, 7) is 1.82. The summed E-state index contributed by atoms with van der Waals surface area (Å²) in [6.07, 6.45) is 5.09. The lowest BCUT2D eigenvalue weighted by molar-refractivity contribution is -0.137. The third kappa shape index (κ3) is 5.25. The quantitative estimate of drug-likeness (QED) is 0.380. The highest BCUT2D eigenvalue weighted by molar-refractivity contribution is 5.92. The number of oxazole rings is 1. The lowest BCUT2D eigenvalue weighted by atomic mass is 10.00. The van der Waals surface area contributed by atoms with Crippen molar-refractivity contribution in [1.29, 1.82) is 0 Å². The number of rotatable bonds is 8. The fourth-order valence-electron chi connectivity index (χ4n) is 3.22. The van der Waals surface area contributed by atoms with Crippen LogP contribution in [0.25, 0.3) is 11.1 Å². The Labute approximate surface area is 183 Å². The Morgan fingerprint density at radius 3 is 2.75 bits per heavy atom. The van der Waals surface area contributed by atoms with Crippen LogP contribution in [0.5, 0.6) is 0 Å². The van der Waals surface area contributed by atoms with Crippen LogP contribution in [-0.2, 0) is 16.0 Å². The minimum absolute atomic E-state index is 0.0248. The van der Waals surface area contributed by atoms with Gasteiger partial charge in [0.25, 0.3) is 6.01 Å². The van der Waals surface area contributed by atoms with Crippen molar-refractivity contribution >= 4 is 40.5 Å². The average Bonchev–Trinajstić information content (AvgIpc) is 3.16. The van der Waals surface area contributed by atoms with Crippen molar-refractivity contribution in [2.75, 3.05) is 10.6 Å². The Morgan fingerprint density at radius 2 is 2.03 bits per heavy atom. The molecule has 0 aliphatic rings. The number of benzene rings is 1. The number of nitrogens with zero attached hydrogens (tertiary/aromatic N) is 3. The molecule has 9 heteroatoms. The van der Waals surface area contributed by atoms with Crippen molar-refractivity contribution in [3.05, 3.63) is 72.2 Å². The summed E-state index contributed by atoms with van der Waals surface area (Å²) in [5.74, 6) is -0.837. The number of carbonyl (C=O) groups excluding carboxylic acids is 1. The first-order valence-corrected chi connectivity index (χ1v) is 10.0. The summed E-state index contributed by atoms with van der Waals surface area (Å²) in [6, 6.07) is 12.8. The lowest BCUT2D eigenvalue weighted by Crippen LogP contribution is -2.15. The van der Waals surface area contributed by atoms with Crippen molar-refractivity contribution in [2.45, 2.75) is 25.7 Å². The van der Waals surface area contributed by atoms with Gasteiger partial charge < -0.3 is 20.2 Å². The zero-order valence-electron chi connectivity index (χ0n) is 17.3. The number of aliphatic carboxylic acids is 1. The van der Waals surface area contributed by atoms with Gasteiger partial charge in [-0.3, -0.25) is 14.6 Å². The molecule has 0 fully saturated rings. The Morgan fingerprint density at radius 1 is 1.16 bits per heavy atom. The maximum atomic E-state index is 12.4. The van der Waals surface area contributed by atoms with Crippen LogP contribution in [0, 0.1) is 0 Å². The van der Waals surface area contributed by atoms with E-state index >= 15 is 0 Å². The highest BCUT2D eigenvalue weighted by Crippen LogP contribution is 2.23. The van der Waals surface area contributed by atoms with Gasteiger partial charge >= 0.3 is 5.97 Å². The zero-order valence-corrected chi connectivity index (χ0v) is 17.3. The molecule has 0 saturated carbocycles. The Bertz CT molecular complexity index is 1240. The molecule has 4 aromatic rings. The van der Waals surface area contributed by atoms with Gasteiger partial charge in [0.2, 0.25) is 5.91 Å². The third-order valence-electron chi connectivity index (χ3n) is 4.83. The van der Waals surface area contributed by atoms with Crippen molar-refractivity contribution in [3.63, 3.8) is 0 Å². The van der Waals surface area contributed by atoms with Gasteiger partial charge in [0.15, 0.2) is 5.58 Å². The molecule has 0 aliphatic heterocycles. The van der Waals surface area contributed by atoms with Crippen molar-refractivity contribution in [2.24, 2.45) is 0 Å². The fraction of sp³-hybridized carbons (Fsp3) is 0.174. The molecule has 0 radical (unpaired) electrons. The topological polar surface area (TPSA) is 130 Å². The molecule has 0 bridgehead atoms. The molecular weight excluding hydrogens is 410 g/mol. The number of hydrogen-bond donors (Lipinski definition) is 3. The second-order valence-corrected chi connectivity index (χ2v) is 7.39. The summed E-state index contributed by atoms with van der Waals surface area (Å²) in [4.78, 5) is 35.9. The molecule has 3 N–H and O–H groups in total. The highest BCUT2D eigenvalue weighted by Gasteiger charge is 2.12. The Hall–Kier alpha value is -4.27. The smallest absolute Gasteiger partial charge is 0.303 e. The van der Waals surface area contributed by atoms with Crippen LogP contribution >= 0.6 is 0 Å². The van der Waals surface area contributed by atoms with E-state index in [4.69, 9.17) is 9.52 Å². The van der Waals surface area contributed by atoms with Crippen LogP contribution in [0.15, 0.2) is 65.5 Å². The molecule has 1 unspecified atom stereocenters. The van der Waals surface area contributed by atoms with Gasteiger partial charge in [-0.25, -0.2) is 4.98 Å². The van der Waals surface area contributed by atoms with E-state index in [1.54, 1.807) is 48.9 Å². The van der Waals surface area contributed by atoms with Gasteiger partial charge in [0.05, 0.1) is 24.7 Å². The van der Waals surface area contributed by atoms with Crippen LogP contribution in [0.1, 0.15) is 30.4 Å². The molecule has 1 aromatic carbocycles. The largest absolute Gasteiger partial charge is 0.481 e. The van der Waals surface area contributed by atoms with Crippen molar-refractivity contribution < 1.29 is 19.1 Å². The normalized spacial score (nSPS) is 11.8. The van der Waals surface area contributed by atoms with Gasteiger partial charge in [-0.1, -0.05) is 19.1 Å². The number of carboxylic acid groups (broad SMARTS) is 1. The molecular formula is C23H21N5O4. The average molecular weight is 431 g/mol. The van der Waals surface area contributed by atoms with Gasteiger partial charge in [-0.15, -0.1) is 0 Å². The predicted octanol–water partition coefficient (Wildman–Crippen LogP) is 4.12. The first-order chi connectivity index (χ1) is 15.5. The number of carboxylic acids is 1. The summed E-state index contributed by atoms with van der Waals surface area (Å²) < 4.78 is 5.74. The van der Waals surface area contributed by atoms with E-state index in [0.717, 1.165) is 16.8 Å². The van der Waals surface area contributed by atoms with Gasteiger partial charge in [-0.05, 0) is 47.4 Å². The van der Waals surface area contributed by atoms with E-state index in [1.165, 1.54) is 0 Å². The first kappa shape index (κ1) is 21.0. The van der Waals surface area contributed by atoms with E-state index in [-0.39, 0.29) is 24.7 Å². The molecule has 4 rings (SSSR count). The molecule has 0 saturated heterocycles. The minimum atomic E-state index is -0.862. The number of aromatic nitrogens is 3. The molecule has 9 nitrogen and oxygen atoms in total. The molecule has 3 aromatic heterocycles. The number of hydrogen-bond acceptors (Lipinski definition) is 7. The van der Waals surface area contributed by atoms with Crippen LogP contribution in [0.3, 0.4) is 0 Å². The van der Waals surface area contributed by atoms with Crippen LogP contribution < -0.4 is 10.6 Å². The van der Waals surface area contributed by atoms with Gasteiger partial charge in [0, 0.05) is 12.4 Å². The number of amides is 1. The SMILES string of the molecule is CC(CC(=O)O)c1ccc(NC(=O)Cc2ccc3nc(Nc4cccnc4)oc3c2)nc1. The van der Waals surface area contributed by atoms with E-state index in [2.05, 4.69) is 25.6 Å². The van der Waals surface area contributed by atoms with Gasteiger partial charge in [0.1, 0.15) is 11.3 Å². The van der Waals surface area contributed by atoms with E-state index in [9.17, 15) is 9.59 Å². The summed E-state index contributed by atoms with van der Waals surface area (Å²) in [5, 5.41) is 14.7. The number of fused-ring (bicyclic) bond motifs is 1. The number of carbonyl (C=O) groups is 2. The maximum absolute atomic E-state index is 12.4. The van der Waals surface area contributed by atoms with E-state index < -0.39 is 5.97 Å². The first-order valence-electron chi connectivity index (χ1n) is 10.0. The minimum Gasteiger partial charge on any atom is -0.481 e. The summed E-state index contributed by atoms with van der Waals surface area (Å²) in [5.41, 5.74) is 3.57. The maximum Gasteiger partial charge on any atom is 0.303 e. The number of nitrogens with one attached hydrogen (secondary N) is 2. The predicted molar refractivity (Wildman–Crippen MR) is 119 cm³/mol. The number of anilines is 3. The second kappa shape index (κ2) is 9.25. The molecule has 1 amide bonds. The third-order valence-corrected chi connectivity index (χ3v) is 4.83. The van der Waals surface area contributed by atoms with Crippen molar-refractivity contribution in [3.8, 4) is 0 Å². The monoisotopic (exact) mass is 431 g/mol. The molecule has 1 atom stereocenters. The van der Waals surface area contributed by atoms with E-state index in [1.807, 2.05) is 19.1 Å². The Balaban J connectivity index is 1.38. The fourth-order valence-corrected chi connectivity index (χ4v) is 3.22. The highest BCUT2D eigenvalue weighted by atomic mass is 16.4. The lowest BCUT2D eigenvalue weighted by Gasteiger charge is -2.10. The molecule has 0 aliphatic carbocycles. The molecule has 3 heterocycles. The molecule has 32 heavy (non-hydrogen) atoms. The zero-order chi connectivity index (χ0) is 22.5. The number of pyridine rings is 2. The van der Waals surface area contributed by atoms with Crippen LogP contribution in [0.4, 0.5) is 17.5 Å². The molecule has 0 spiro atoms. The van der Waals surface area contributed by atoms with E-state index in [0.29, 0.717) is 22.9 Å². The van der Waals surface area contributed by atoms with Crippen LogP contribution in [-0.4, -0.2) is 31.9 Å². The van der Waals surface area contributed by atoms with Crippen molar-refractivity contribution in [1.82, 2.24) is 15.0 Å². The standard InChI is InChI=1S/C23H21N5O4/c1-14(9-22(30)31)16-5-7-20(25-12-16)28-21(29)11-15-4-6-18-19(10-15)32-23(27-18)26-17-3-2-8-24-13-17/h2-8,10,12-14H,9,11H2,1H3,(H,26,27)(H,30,31)(H,25,28,29).